The van der Waals surface area contributed by atoms with Crippen molar-refractivity contribution in [2.45, 2.75) is 6.43 Å². The molecule has 36 heavy (non-hydrogen) atoms. The second-order valence-electron chi connectivity index (χ2n) is 7.85. The third kappa shape index (κ3) is 4.20. The topological polar surface area (TPSA) is 109 Å². The van der Waals surface area contributed by atoms with E-state index in [-0.39, 0.29) is 12.0 Å². The van der Waals surface area contributed by atoms with Gasteiger partial charge in [-0.3, -0.25) is 4.57 Å². The predicted molar refractivity (Wildman–Crippen MR) is 124 cm³/mol. The Balaban J connectivity index is 1.43. The van der Waals surface area contributed by atoms with Crippen molar-refractivity contribution in [2.24, 2.45) is 0 Å². The van der Waals surface area contributed by atoms with E-state index in [0.717, 1.165) is 5.69 Å². The average Bonchev–Trinajstić information content (AvgIpc) is 3.58. The first-order chi connectivity index (χ1) is 17.7. The Bertz CT molecular complexity index is 1480. The molecule has 2 aromatic carbocycles. The number of rotatable bonds is 6. The lowest BCUT2D eigenvalue weighted by Gasteiger charge is -2.27. The van der Waals surface area contributed by atoms with Gasteiger partial charge in [0.1, 0.15) is 18.4 Å². The molecule has 3 aromatic heterocycles. The SMILES string of the molecule is FC(F)c1nc2ccccc2n1-c1nc(Oc2ccc(-n3cncn3)cc2)nc(N2CCOCC2)n1. The van der Waals surface area contributed by atoms with Crippen LogP contribution < -0.4 is 9.64 Å². The number of para-hydroxylation sites is 2. The molecule has 1 aliphatic rings. The van der Waals surface area contributed by atoms with Crippen LogP contribution in [0.3, 0.4) is 0 Å². The molecule has 5 aromatic rings. The smallest absolute Gasteiger partial charge is 0.328 e. The van der Waals surface area contributed by atoms with E-state index in [4.69, 9.17) is 9.47 Å². The molecule has 4 heterocycles. The molecule has 0 unspecified atom stereocenters. The number of anilines is 1. The van der Waals surface area contributed by atoms with Crippen molar-refractivity contribution in [3.8, 4) is 23.4 Å². The molecule has 1 aliphatic heterocycles. The van der Waals surface area contributed by atoms with Crippen LogP contribution in [0.25, 0.3) is 22.7 Å². The first kappa shape index (κ1) is 22.0. The van der Waals surface area contributed by atoms with Gasteiger partial charge >= 0.3 is 6.01 Å². The summed E-state index contributed by atoms with van der Waals surface area (Å²) in [6, 6.07) is 13.9. The standard InChI is InChI=1S/C23H19F2N9O2/c24-19(25)20-28-17-3-1-2-4-18(17)34(20)22-29-21(32-9-11-35-12-10-32)30-23(31-22)36-16-7-5-15(6-8-16)33-14-26-13-27-33/h1-8,13-14,19H,9-12H2. The maximum atomic E-state index is 14.0. The van der Waals surface area contributed by atoms with Crippen LogP contribution in [-0.2, 0) is 4.74 Å². The molecular weight excluding hydrogens is 472 g/mol. The minimum absolute atomic E-state index is 0.00951. The molecule has 1 saturated heterocycles. The monoisotopic (exact) mass is 491 g/mol. The number of imidazole rings is 1. The van der Waals surface area contributed by atoms with E-state index in [0.29, 0.717) is 49.0 Å². The fourth-order valence-corrected chi connectivity index (χ4v) is 3.90. The van der Waals surface area contributed by atoms with Gasteiger partial charge < -0.3 is 14.4 Å². The molecule has 0 amide bonds. The molecular formula is C23H19F2N9O2. The van der Waals surface area contributed by atoms with Gasteiger partial charge in [0.15, 0.2) is 5.82 Å². The number of alkyl halides is 2. The summed E-state index contributed by atoms with van der Waals surface area (Å²) in [5.74, 6) is 0.284. The van der Waals surface area contributed by atoms with Crippen LogP contribution in [0.5, 0.6) is 11.8 Å². The molecule has 11 nitrogen and oxygen atoms in total. The van der Waals surface area contributed by atoms with Gasteiger partial charge in [0.25, 0.3) is 6.43 Å². The van der Waals surface area contributed by atoms with E-state index >= 15 is 0 Å². The largest absolute Gasteiger partial charge is 0.424 e. The number of halogens is 2. The molecule has 182 valence electrons. The average molecular weight is 491 g/mol. The van der Waals surface area contributed by atoms with E-state index < -0.39 is 12.2 Å². The Hall–Kier alpha value is -4.52. The van der Waals surface area contributed by atoms with Crippen LogP contribution in [0.4, 0.5) is 14.7 Å². The van der Waals surface area contributed by atoms with E-state index in [2.05, 4.69) is 30.0 Å². The summed E-state index contributed by atoms with van der Waals surface area (Å²) in [6.45, 7) is 2.08. The Morgan fingerprint density at radius 1 is 0.889 bits per heavy atom. The number of fused-ring (bicyclic) bond motifs is 1. The molecule has 1 fully saturated rings. The highest BCUT2D eigenvalue weighted by atomic mass is 19.3. The van der Waals surface area contributed by atoms with Gasteiger partial charge in [0, 0.05) is 13.1 Å². The van der Waals surface area contributed by atoms with Crippen molar-refractivity contribution in [2.75, 3.05) is 31.2 Å². The number of hydrogen-bond donors (Lipinski definition) is 0. The maximum Gasteiger partial charge on any atom is 0.328 e. The van der Waals surface area contributed by atoms with Gasteiger partial charge in [-0.2, -0.15) is 20.1 Å². The van der Waals surface area contributed by atoms with Crippen molar-refractivity contribution in [3.63, 3.8) is 0 Å². The fraction of sp³-hybridized carbons (Fsp3) is 0.217. The summed E-state index contributed by atoms with van der Waals surface area (Å²) in [5.41, 5.74) is 1.65. The van der Waals surface area contributed by atoms with E-state index in [1.54, 1.807) is 59.5 Å². The molecule has 6 rings (SSSR count). The fourth-order valence-electron chi connectivity index (χ4n) is 3.90. The summed E-state index contributed by atoms with van der Waals surface area (Å²) < 4.78 is 42.2. The number of nitrogens with zero attached hydrogens (tertiary/aromatic N) is 9. The van der Waals surface area contributed by atoms with Gasteiger partial charge in [0.2, 0.25) is 11.9 Å². The second-order valence-corrected chi connectivity index (χ2v) is 7.85. The molecule has 0 bridgehead atoms. The Morgan fingerprint density at radius 3 is 2.42 bits per heavy atom. The van der Waals surface area contributed by atoms with Gasteiger partial charge in [-0.1, -0.05) is 12.1 Å². The van der Waals surface area contributed by atoms with Crippen molar-refractivity contribution in [1.29, 1.82) is 0 Å². The summed E-state index contributed by atoms with van der Waals surface area (Å²) in [5, 5.41) is 4.10. The third-order valence-corrected chi connectivity index (χ3v) is 5.60. The number of benzene rings is 2. The Morgan fingerprint density at radius 2 is 1.67 bits per heavy atom. The van der Waals surface area contributed by atoms with Gasteiger partial charge in [-0.25, -0.2) is 23.4 Å². The van der Waals surface area contributed by atoms with E-state index in [1.807, 2.05) is 4.90 Å². The lowest BCUT2D eigenvalue weighted by Crippen LogP contribution is -2.37. The lowest BCUT2D eigenvalue weighted by molar-refractivity contribution is 0.122. The van der Waals surface area contributed by atoms with Gasteiger partial charge in [-0.05, 0) is 36.4 Å². The van der Waals surface area contributed by atoms with Crippen molar-refractivity contribution in [3.05, 3.63) is 67.0 Å². The van der Waals surface area contributed by atoms with Crippen molar-refractivity contribution >= 4 is 17.0 Å². The van der Waals surface area contributed by atoms with Crippen LogP contribution in [0.2, 0.25) is 0 Å². The number of ether oxygens (including phenoxy) is 2. The molecule has 0 spiro atoms. The zero-order chi connectivity index (χ0) is 24.5. The highest BCUT2D eigenvalue weighted by Crippen LogP contribution is 2.29. The van der Waals surface area contributed by atoms with Gasteiger partial charge in [0.05, 0.1) is 29.9 Å². The minimum atomic E-state index is -2.84. The van der Waals surface area contributed by atoms with Crippen LogP contribution in [0, 0.1) is 0 Å². The first-order valence-electron chi connectivity index (χ1n) is 11.1. The summed E-state index contributed by atoms with van der Waals surface area (Å²) in [7, 11) is 0. The summed E-state index contributed by atoms with van der Waals surface area (Å²) in [4.78, 5) is 23.3. The molecule has 0 N–H and O–H groups in total. The lowest BCUT2D eigenvalue weighted by atomic mass is 10.3. The minimum Gasteiger partial charge on any atom is -0.424 e. The van der Waals surface area contributed by atoms with Gasteiger partial charge in [-0.15, -0.1) is 0 Å². The maximum absolute atomic E-state index is 14.0. The Kier molecular flexibility index (Phi) is 5.65. The summed E-state index contributed by atoms with van der Waals surface area (Å²) >= 11 is 0. The predicted octanol–water partition coefficient (Wildman–Crippen LogP) is 3.36. The molecule has 0 radical (unpaired) electrons. The molecule has 0 saturated carbocycles. The Labute approximate surface area is 203 Å². The second kappa shape index (κ2) is 9.26. The number of hydrogen-bond acceptors (Lipinski definition) is 9. The van der Waals surface area contributed by atoms with Crippen LogP contribution in [-0.4, -0.2) is 65.6 Å². The van der Waals surface area contributed by atoms with E-state index in [1.165, 1.54) is 10.9 Å². The molecule has 13 heteroatoms. The van der Waals surface area contributed by atoms with Crippen molar-refractivity contribution < 1.29 is 18.3 Å². The van der Waals surface area contributed by atoms with Crippen LogP contribution in [0.1, 0.15) is 12.2 Å². The first-order valence-corrected chi connectivity index (χ1v) is 11.1. The third-order valence-electron chi connectivity index (χ3n) is 5.60. The van der Waals surface area contributed by atoms with E-state index in [9.17, 15) is 8.78 Å². The molecule has 0 aliphatic carbocycles. The highest BCUT2D eigenvalue weighted by Gasteiger charge is 2.24. The number of morpholine rings is 1. The number of aromatic nitrogens is 8. The van der Waals surface area contributed by atoms with Crippen molar-refractivity contribution in [1.82, 2.24) is 39.3 Å². The zero-order valence-electron chi connectivity index (χ0n) is 18.8. The summed E-state index contributed by atoms with van der Waals surface area (Å²) in [6.07, 6.45) is 0.186. The van der Waals surface area contributed by atoms with Crippen LogP contribution in [0.15, 0.2) is 61.2 Å². The highest BCUT2D eigenvalue weighted by molar-refractivity contribution is 5.77. The zero-order valence-corrected chi connectivity index (χ0v) is 18.8. The normalized spacial score (nSPS) is 14.0. The van der Waals surface area contributed by atoms with Crippen LogP contribution >= 0.6 is 0 Å². The molecule has 0 atom stereocenters. The quantitative estimate of drug-likeness (QED) is 0.353.